The molecule has 2 aromatic rings. The molecule has 0 radical (unpaired) electrons. The van der Waals surface area contributed by atoms with Crippen molar-refractivity contribution in [2.75, 3.05) is 6.26 Å². The molecule has 2 heteroatoms. The first-order valence-electron chi connectivity index (χ1n) is 5.17. The third-order valence-electron chi connectivity index (χ3n) is 2.29. The van der Waals surface area contributed by atoms with Crippen LogP contribution in [0.1, 0.15) is 5.56 Å². The lowest BCUT2D eigenvalue weighted by molar-refractivity contribution is 0.471. The Morgan fingerprint density at radius 1 is 1.00 bits per heavy atom. The van der Waals surface area contributed by atoms with E-state index in [2.05, 4.69) is 31.4 Å². The SMILES string of the molecule is CSc1ccc(C)cc1Oc1ccccc1. The van der Waals surface area contributed by atoms with Crippen LogP contribution in [-0.2, 0) is 0 Å². The van der Waals surface area contributed by atoms with Crippen LogP contribution in [-0.4, -0.2) is 6.26 Å². The van der Waals surface area contributed by atoms with Gasteiger partial charge in [-0.1, -0.05) is 24.3 Å². The standard InChI is InChI=1S/C14H14OS/c1-11-8-9-14(16-2)13(10-11)15-12-6-4-3-5-7-12/h3-10H,1-2H3. The lowest BCUT2D eigenvalue weighted by Gasteiger charge is -2.10. The van der Waals surface area contributed by atoms with Gasteiger partial charge >= 0.3 is 0 Å². The quantitative estimate of drug-likeness (QED) is 0.717. The maximum absolute atomic E-state index is 5.86. The third kappa shape index (κ3) is 2.58. The minimum Gasteiger partial charge on any atom is -0.456 e. The van der Waals surface area contributed by atoms with E-state index in [-0.39, 0.29) is 0 Å². The van der Waals surface area contributed by atoms with Gasteiger partial charge in [0.25, 0.3) is 0 Å². The first-order chi connectivity index (χ1) is 7.79. The van der Waals surface area contributed by atoms with Gasteiger partial charge < -0.3 is 4.74 Å². The highest BCUT2D eigenvalue weighted by molar-refractivity contribution is 7.98. The summed E-state index contributed by atoms with van der Waals surface area (Å²) in [6.45, 7) is 2.07. The highest BCUT2D eigenvalue weighted by Crippen LogP contribution is 2.32. The molecule has 1 nitrogen and oxygen atoms in total. The smallest absolute Gasteiger partial charge is 0.141 e. The molecule has 0 heterocycles. The Kier molecular flexibility index (Phi) is 3.52. The molecule has 0 fully saturated rings. The molecule has 0 unspecified atom stereocenters. The van der Waals surface area contributed by atoms with E-state index in [0.717, 1.165) is 16.4 Å². The third-order valence-corrected chi connectivity index (χ3v) is 3.07. The Morgan fingerprint density at radius 2 is 1.75 bits per heavy atom. The fraction of sp³-hybridized carbons (Fsp3) is 0.143. The summed E-state index contributed by atoms with van der Waals surface area (Å²) in [7, 11) is 0. The van der Waals surface area contributed by atoms with Crippen molar-refractivity contribution in [3.63, 3.8) is 0 Å². The maximum Gasteiger partial charge on any atom is 0.141 e. The predicted octanol–water partition coefficient (Wildman–Crippen LogP) is 4.51. The number of ether oxygens (including phenoxy) is 1. The largest absolute Gasteiger partial charge is 0.456 e. The molecule has 82 valence electrons. The summed E-state index contributed by atoms with van der Waals surface area (Å²) in [6, 6.07) is 16.1. The second-order valence-electron chi connectivity index (χ2n) is 3.57. The second kappa shape index (κ2) is 5.08. The number of thioether (sulfide) groups is 1. The average Bonchev–Trinajstić information content (AvgIpc) is 2.31. The molecule has 2 aromatic carbocycles. The summed E-state index contributed by atoms with van der Waals surface area (Å²) >= 11 is 1.70. The number of hydrogen-bond acceptors (Lipinski definition) is 2. The van der Waals surface area contributed by atoms with E-state index in [4.69, 9.17) is 4.74 Å². The van der Waals surface area contributed by atoms with E-state index >= 15 is 0 Å². The molecule has 0 aliphatic heterocycles. The molecule has 0 aliphatic carbocycles. The van der Waals surface area contributed by atoms with Crippen molar-refractivity contribution >= 4 is 11.8 Å². The molecule has 0 aromatic heterocycles. The zero-order valence-electron chi connectivity index (χ0n) is 9.44. The van der Waals surface area contributed by atoms with Crippen molar-refractivity contribution in [2.24, 2.45) is 0 Å². The van der Waals surface area contributed by atoms with Gasteiger partial charge in [-0.15, -0.1) is 11.8 Å². The van der Waals surface area contributed by atoms with Crippen molar-refractivity contribution < 1.29 is 4.74 Å². The van der Waals surface area contributed by atoms with Gasteiger partial charge in [-0.25, -0.2) is 0 Å². The van der Waals surface area contributed by atoms with Gasteiger partial charge in [0.2, 0.25) is 0 Å². The Labute approximate surface area is 100 Å². The van der Waals surface area contributed by atoms with E-state index < -0.39 is 0 Å². The van der Waals surface area contributed by atoms with Gasteiger partial charge in [0, 0.05) is 4.90 Å². The topological polar surface area (TPSA) is 9.23 Å². The number of aryl methyl sites for hydroxylation is 1. The molecule has 0 bridgehead atoms. The molecule has 0 aliphatic rings. The number of para-hydroxylation sites is 1. The van der Waals surface area contributed by atoms with Gasteiger partial charge in [0.1, 0.15) is 11.5 Å². The van der Waals surface area contributed by atoms with Crippen LogP contribution < -0.4 is 4.74 Å². The minimum atomic E-state index is 0.878. The van der Waals surface area contributed by atoms with Crippen LogP contribution in [0.4, 0.5) is 0 Å². The predicted molar refractivity (Wildman–Crippen MR) is 69.5 cm³/mol. The van der Waals surface area contributed by atoms with Crippen LogP contribution in [0.2, 0.25) is 0 Å². The zero-order valence-corrected chi connectivity index (χ0v) is 10.3. The monoisotopic (exact) mass is 230 g/mol. The van der Waals surface area contributed by atoms with Crippen molar-refractivity contribution in [2.45, 2.75) is 11.8 Å². The number of benzene rings is 2. The molecule has 0 saturated heterocycles. The molecule has 0 spiro atoms. The molecular weight excluding hydrogens is 216 g/mol. The van der Waals surface area contributed by atoms with Crippen LogP contribution in [0.15, 0.2) is 53.4 Å². The Hall–Kier alpha value is -1.41. The van der Waals surface area contributed by atoms with Crippen LogP contribution in [0.25, 0.3) is 0 Å². The van der Waals surface area contributed by atoms with Gasteiger partial charge in [-0.2, -0.15) is 0 Å². The normalized spacial score (nSPS) is 10.1. The van der Waals surface area contributed by atoms with E-state index in [1.807, 2.05) is 30.3 Å². The lowest BCUT2D eigenvalue weighted by atomic mass is 10.2. The molecule has 0 amide bonds. The summed E-state index contributed by atoms with van der Waals surface area (Å²) in [4.78, 5) is 1.16. The molecular formula is C14H14OS. The minimum absolute atomic E-state index is 0.878. The fourth-order valence-electron chi connectivity index (χ4n) is 1.48. The van der Waals surface area contributed by atoms with Gasteiger partial charge in [-0.3, -0.25) is 0 Å². The second-order valence-corrected chi connectivity index (χ2v) is 4.42. The highest BCUT2D eigenvalue weighted by atomic mass is 32.2. The van der Waals surface area contributed by atoms with E-state index in [9.17, 15) is 0 Å². The Balaban J connectivity index is 2.30. The van der Waals surface area contributed by atoms with Crippen molar-refractivity contribution in [1.29, 1.82) is 0 Å². The van der Waals surface area contributed by atoms with Crippen LogP contribution >= 0.6 is 11.8 Å². The van der Waals surface area contributed by atoms with Crippen LogP contribution in [0, 0.1) is 6.92 Å². The fourth-order valence-corrected chi connectivity index (χ4v) is 1.99. The van der Waals surface area contributed by atoms with E-state index in [1.165, 1.54) is 5.56 Å². The maximum atomic E-state index is 5.86. The van der Waals surface area contributed by atoms with Crippen molar-refractivity contribution in [3.05, 3.63) is 54.1 Å². The highest BCUT2D eigenvalue weighted by Gasteiger charge is 2.03. The summed E-state index contributed by atoms with van der Waals surface area (Å²) in [6.07, 6.45) is 2.06. The average molecular weight is 230 g/mol. The zero-order chi connectivity index (χ0) is 11.4. The first-order valence-corrected chi connectivity index (χ1v) is 6.39. The van der Waals surface area contributed by atoms with E-state index in [1.54, 1.807) is 11.8 Å². The Bertz CT molecular complexity index is 465. The van der Waals surface area contributed by atoms with Crippen molar-refractivity contribution in [1.82, 2.24) is 0 Å². The molecule has 16 heavy (non-hydrogen) atoms. The number of rotatable bonds is 3. The number of hydrogen-bond donors (Lipinski definition) is 0. The van der Waals surface area contributed by atoms with Crippen LogP contribution in [0.5, 0.6) is 11.5 Å². The summed E-state index contributed by atoms with van der Waals surface area (Å²) in [5.74, 6) is 1.81. The van der Waals surface area contributed by atoms with Crippen molar-refractivity contribution in [3.8, 4) is 11.5 Å². The van der Waals surface area contributed by atoms with Crippen LogP contribution in [0.3, 0.4) is 0 Å². The van der Waals surface area contributed by atoms with Gasteiger partial charge in [-0.05, 0) is 43.0 Å². The molecule has 0 N–H and O–H groups in total. The summed E-state index contributed by atoms with van der Waals surface area (Å²) in [5, 5.41) is 0. The van der Waals surface area contributed by atoms with E-state index in [0.29, 0.717) is 0 Å². The molecule has 0 atom stereocenters. The summed E-state index contributed by atoms with van der Waals surface area (Å²) in [5.41, 5.74) is 1.21. The molecule has 0 saturated carbocycles. The van der Waals surface area contributed by atoms with Gasteiger partial charge in [0.15, 0.2) is 0 Å². The Morgan fingerprint density at radius 3 is 2.44 bits per heavy atom. The first kappa shape index (κ1) is 11.1. The van der Waals surface area contributed by atoms with Gasteiger partial charge in [0.05, 0.1) is 0 Å². The molecule has 2 rings (SSSR count). The summed E-state index contributed by atoms with van der Waals surface area (Å²) < 4.78 is 5.86. The lowest BCUT2D eigenvalue weighted by Crippen LogP contribution is -1.87.